The average molecular weight is 597 g/mol. The standard InChI is InChI=1S/C28H33F3N6O.C4H6O/c1-19-14-22(16-34-27(19)32-2)20-4-7-23(8-5-20)33-17-26(38)35-24-9-6-21(25(15-24)28(29,30)31)18-37-12-10-36(3)11-13-37;5-3-4-1-2-4/h4-9,14-16,33H,10-13,17-18H2,1-3H3,(H,32,34)(H,35,38);3-4H,1-2H2. The molecular formula is C32H39F3N6O2. The van der Waals surface area contributed by atoms with Gasteiger partial charge in [0.15, 0.2) is 0 Å². The Labute approximate surface area is 250 Å². The number of piperazine rings is 1. The second kappa shape index (κ2) is 14.5. The van der Waals surface area contributed by atoms with Crippen LogP contribution >= 0.6 is 0 Å². The van der Waals surface area contributed by atoms with Crippen LogP contribution in [-0.2, 0) is 22.3 Å². The summed E-state index contributed by atoms with van der Waals surface area (Å²) in [6.45, 7) is 5.22. The molecule has 0 bridgehead atoms. The van der Waals surface area contributed by atoms with Crippen LogP contribution in [0.4, 0.5) is 30.4 Å². The van der Waals surface area contributed by atoms with Crippen LogP contribution in [0.2, 0.25) is 0 Å². The fourth-order valence-electron chi connectivity index (χ4n) is 4.70. The molecule has 1 saturated carbocycles. The van der Waals surface area contributed by atoms with E-state index in [-0.39, 0.29) is 24.3 Å². The number of rotatable bonds is 9. The van der Waals surface area contributed by atoms with Crippen molar-refractivity contribution in [2.75, 3.05) is 62.8 Å². The van der Waals surface area contributed by atoms with Gasteiger partial charge in [-0.3, -0.25) is 9.69 Å². The Bertz CT molecular complexity index is 1380. The van der Waals surface area contributed by atoms with E-state index in [1.54, 1.807) is 6.20 Å². The minimum Gasteiger partial charge on any atom is -0.376 e. The Hall–Kier alpha value is -3.96. The lowest BCUT2D eigenvalue weighted by atomic mass is 10.0. The first-order valence-electron chi connectivity index (χ1n) is 14.4. The molecule has 230 valence electrons. The predicted octanol–water partition coefficient (Wildman–Crippen LogP) is 5.51. The maximum absolute atomic E-state index is 13.8. The van der Waals surface area contributed by atoms with Crippen LogP contribution in [0, 0.1) is 12.8 Å². The van der Waals surface area contributed by atoms with Crippen LogP contribution in [0.15, 0.2) is 54.7 Å². The van der Waals surface area contributed by atoms with E-state index < -0.39 is 17.6 Å². The fraction of sp³-hybridized carbons (Fsp3) is 0.406. The summed E-state index contributed by atoms with van der Waals surface area (Å²) in [6.07, 6.45) is 0.595. The van der Waals surface area contributed by atoms with Gasteiger partial charge in [0.2, 0.25) is 5.91 Å². The third-order valence-electron chi connectivity index (χ3n) is 7.49. The topological polar surface area (TPSA) is 89.6 Å². The largest absolute Gasteiger partial charge is 0.416 e. The van der Waals surface area contributed by atoms with Gasteiger partial charge in [-0.05, 0) is 73.8 Å². The molecule has 11 heteroatoms. The second-order valence-electron chi connectivity index (χ2n) is 11.0. The van der Waals surface area contributed by atoms with Gasteiger partial charge in [-0.25, -0.2) is 4.98 Å². The number of halogens is 3. The van der Waals surface area contributed by atoms with Crippen molar-refractivity contribution in [3.8, 4) is 11.1 Å². The van der Waals surface area contributed by atoms with E-state index in [0.29, 0.717) is 5.92 Å². The minimum absolute atomic E-state index is 0.0821. The summed E-state index contributed by atoms with van der Waals surface area (Å²) in [5.41, 5.74) is 3.32. The first-order valence-corrected chi connectivity index (χ1v) is 14.4. The zero-order valence-corrected chi connectivity index (χ0v) is 24.8. The van der Waals surface area contributed by atoms with Gasteiger partial charge in [-0.2, -0.15) is 13.2 Å². The summed E-state index contributed by atoms with van der Waals surface area (Å²) in [5, 5.41) is 8.64. The zero-order chi connectivity index (χ0) is 31.0. The first kappa shape index (κ1) is 32.0. The Kier molecular flexibility index (Phi) is 10.8. The van der Waals surface area contributed by atoms with Crippen molar-refractivity contribution in [2.24, 2.45) is 5.92 Å². The van der Waals surface area contributed by atoms with Crippen molar-refractivity contribution < 1.29 is 22.8 Å². The van der Waals surface area contributed by atoms with Crippen LogP contribution in [0.1, 0.15) is 29.5 Å². The van der Waals surface area contributed by atoms with Crippen molar-refractivity contribution in [3.05, 3.63) is 71.4 Å². The van der Waals surface area contributed by atoms with Crippen molar-refractivity contribution in [3.63, 3.8) is 0 Å². The van der Waals surface area contributed by atoms with Crippen LogP contribution in [-0.4, -0.2) is 73.8 Å². The van der Waals surface area contributed by atoms with E-state index >= 15 is 0 Å². The SMILES string of the molecule is CNc1ncc(-c2ccc(NCC(=O)Nc3ccc(CN4CCN(C)CC4)c(C(F)(F)F)c3)cc2)cc1C.O=CC1CC1. The van der Waals surface area contributed by atoms with Gasteiger partial charge >= 0.3 is 6.18 Å². The van der Waals surface area contributed by atoms with E-state index in [1.165, 1.54) is 12.1 Å². The molecule has 2 fully saturated rings. The van der Waals surface area contributed by atoms with Crippen LogP contribution in [0.25, 0.3) is 11.1 Å². The maximum Gasteiger partial charge on any atom is 0.416 e. The van der Waals surface area contributed by atoms with E-state index in [2.05, 4.69) is 25.8 Å². The molecule has 1 amide bonds. The number of aromatic nitrogens is 1. The number of carbonyl (C=O) groups excluding carboxylic acids is 2. The zero-order valence-electron chi connectivity index (χ0n) is 24.8. The Balaban J connectivity index is 0.000000767. The van der Waals surface area contributed by atoms with Gasteiger partial charge in [0, 0.05) is 68.8 Å². The number of hydrogen-bond acceptors (Lipinski definition) is 7. The number of amides is 1. The molecule has 0 radical (unpaired) electrons. The molecule has 0 unspecified atom stereocenters. The molecule has 1 aromatic heterocycles. The molecule has 43 heavy (non-hydrogen) atoms. The highest BCUT2D eigenvalue weighted by atomic mass is 19.4. The molecule has 2 aromatic carbocycles. The molecule has 5 rings (SSSR count). The number of hydrogen-bond donors (Lipinski definition) is 3. The van der Waals surface area contributed by atoms with Crippen molar-refractivity contribution in [2.45, 2.75) is 32.5 Å². The lowest BCUT2D eigenvalue weighted by Crippen LogP contribution is -2.44. The number of aryl methyl sites for hydroxylation is 1. The third-order valence-corrected chi connectivity index (χ3v) is 7.49. The molecule has 0 spiro atoms. The van der Waals surface area contributed by atoms with E-state index in [9.17, 15) is 22.8 Å². The predicted molar refractivity (Wildman–Crippen MR) is 164 cm³/mol. The second-order valence-corrected chi connectivity index (χ2v) is 11.0. The summed E-state index contributed by atoms with van der Waals surface area (Å²) in [6, 6.07) is 13.6. The summed E-state index contributed by atoms with van der Waals surface area (Å²) in [5.74, 6) is 0.844. The first-order chi connectivity index (χ1) is 20.5. The maximum atomic E-state index is 13.8. The number of likely N-dealkylation sites (N-methyl/N-ethyl adjacent to an activating group) is 1. The Morgan fingerprint density at radius 1 is 1.00 bits per heavy atom. The van der Waals surface area contributed by atoms with Gasteiger partial charge in [0.1, 0.15) is 12.1 Å². The fourth-order valence-corrected chi connectivity index (χ4v) is 4.70. The number of alkyl halides is 3. The normalized spacial score (nSPS) is 15.7. The van der Waals surface area contributed by atoms with Crippen LogP contribution in [0.5, 0.6) is 0 Å². The van der Waals surface area contributed by atoms with Gasteiger partial charge in [-0.15, -0.1) is 0 Å². The molecule has 8 nitrogen and oxygen atoms in total. The minimum atomic E-state index is -4.51. The number of carbonyl (C=O) groups is 2. The Morgan fingerprint density at radius 2 is 1.67 bits per heavy atom. The van der Waals surface area contributed by atoms with Crippen molar-refractivity contribution >= 4 is 29.4 Å². The number of nitrogens with zero attached hydrogens (tertiary/aromatic N) is 3. The third kappa shape index (κ3) is 9.52. The van der Waals surface area contributed by atoms with Gasteiger partial charge in [0.25, 0.3) is 0 Å². The van der Waals surface area contributed by atoms with Crippen molar-refractivity contribution in [1.29, 1.82) is 0 Å². The van der Waals surface area contributed by atoms with Crippen molar-refractivity contribution in [1.82, 2.24) is 14.8 Å². The van der Waals surface area contributed by atoms with Crippen LogP contribution in [0.3, 0.4) is 0 Å². The smallest absolute Gasteiger partial charge is 0.376 e. The monoisotopic (exact) mass is 596 g/mol. The van der Waals surface area contributed by atoms with Gasteiger partial charge < -0.3 is 25.6 Å². The molecule has 3 N–H and O–H groups in total. The average Bonchev–Trinajstić information content (AvgIpc) is 3.83. The van der Waals surface area contributed by atoms with E-state index in [1.807, 2.05) is 56.3 Å². The van der Waals surface area contributed by atoms with Gasteiger partial charge in [-0.1, -0.05) is 18.2 Å². The highest BCUT2D eigenvalue weighted by molar-refractivity contribution is 5.94. The molecule has 1 aliphatic heterocycles. The molecule has 2 aliphatic rings. The summed E-state index contributed by atoms with van der Waals surface area (Å²) in [7, 11) is 3.83. The molecule has 1 saturated heterocycles. The highest BCUT2D eigenvalue weighted by Crippen LogP contribution is 2.34. The van der Waals surface area contributed by atoms with Gasteiger partial charge in [0.05, 0.1) is 12.1 Å². The molecule has 2 heterocycles. The summed E-state index contributed by atoms with van der Waals surface area (Å²) < 4.78 is 41.4. The lowest BCUT2D eigenvalue weighted by Gasteiger charge is -2.33. The number of benzene rings is 2. The molecule has 0 atom stereocenters. The molecule has 1 aliphatic carbocycles. The van der Waals surface area contributed by atoms with Crippen LogP contribution < -0.4 is 16.0 Å². The van der Waals surface area contributed by atoms with E-state index in [0.717, 1.165) is 79.6 Å². The van der Waals surface area contributed by atoms with E-state index in [4.69, 9.17) is 0 Å². The molecular weight excluding hydrogens is 557 g/mol. The summed E-state index contributed by atoms with van der Waals surface area (Å²) >= 11 is 0. The quantitative estimate of drug-likeness (QED) is 0.281. The summed E-state index contributed by atoms with van der Waals surface area (Å²) in [4.78, 5) is 30.6. The number of anilines is 3. The number of nitrogens with one attached hydrogen (secondary N) is 3. The number of aldehydes is 1. The highest BCUT2D eigenvalue weighted by Gasteiger charge is 2.34. The number of pyridine rings is 1. The lowest BCUT2D eigenvalue weighted by molar-refractivity contribution is -0.138. The molecule has 3 aromatic rings. The Morgan fingerprint density at radius 3 is 2.23 bits per heavy atom.